The van der Waals surface area contributed by atoms with Gasteiger partial charge in [-0.2, -0.15) is 0 Å². The predicted molar refractivity (Wildman–Crippen MR) is 273 cm³/mol. The van der Waals surface area contributed by atoms with Crippen LogP contribution in [0.3, 0.4) is 0 Å². The predicted octanol–water partition coefficient (Wildman–Crippen LogP) is 13.9. The second-order valence-corrected chi connectivity index (χ2v) is 17.2. The van der Waals surface area contributed by atoms with Gasteiger partial charge in [0.1, 0.15) is 0 Å². The summed E-state index contributed by atoms with van der Waals surface area (Å²) in [6, 6.07) is 80.6. The van der Waals surface area contributed by atoms with Gasteiger partial charge in [-0.25, -0.2) is 0 Å². The molecule has 1 aliphatic rings. The summed E-state index contributed by atoms with van der Waals surface area (Å²) in [6.07, 6.45) is 5.05. The van der Waals surface area contributed by atoms with Crippen molar-refractivity contribution in [1.29, 1.82) is 0 Å². The van der Waals surface area contributed by atoms with Gasteiger partial charge in [0.05, 0.1) is 38.6 Å². The van der Waals surface area contributed by atoms with Crippen LogP contribution in [0.1, 0.15) is 28.2 Å². The van der Waals surface area contributed by atoms with Crippen molar-refractivity contribution in [2.75, 3.05) is 0 Å². The number of benzene rings is 9. The summed E-state index contributed by atoms with van der Waals surface area (Å²) in [5, 5.41) is 8.25. The first-order valence-electron chi connectivity index (χ1n) is 22.6. The highest BCUT2D eigenvalue weighted by atomic mass is 15.1. The molecule has 1 aliphatic carbocycles. The fourth-order valence-electron chi connectivity index (χ4n) is 11.2. The zero-order valence-corrected chi connectivity index (χ0v) is 35.8. The van der Waals surface area contributed by atoms with Crippen molar-refractivity contribution in [2.24, 2.45) is 0 Å². The van der Waals surface area contributed by atoms with E-state index in [1.807, 2.05) is 6.08 Å². The van der Waals surface area contributed by atoms with E-state index in [4.69, 9.17) is 0 Å². The van der Waals surface area contributed by atoms with Crippen molar-refractivity contribution in [3.05, 3.63) is 264 Å². The molecule has 0 N–H and O–H groups in total. The van der Waals surface area contributed by atoms with Gasteiger partial charge < -0.3 is 13.7 Å². The maximum absolute atomic E-state index is 4.37. The van der Waals surface area contributed by atoms with E-state index >= 15 is 0 Å². The van der Waals surface area contributed by atoms with Crippen LogP contribution in [0, 0.1) is 0 Å². The molecule has 3 heteroatoms. The molecule has 1 atom stereocenters. The lowest BCUT2D eigenvalue weighted by Crippen LogP contribution is -2.34. The highest BCUT2D eigenvalue weighted by molar-refractivity contribution is 6.16. The molecule has 12 aromatic rings. The number of rotatable bonds is 6. The van der Waals surface area contributed by atoms with Gasteiger partial charge in [0, 0.05) is 55.0 Å². The lowest BCUT2D eigenvalue weighted by molar-refractivity contribution is 0.790. The monoisotopic (exact) mass is 829 g/mol. The number of fused-ring (bicyclic) bond motifs is 10. The largest absolute Gasteiger partial charge is 0.309 e. The summed E-state index contributed by atoms with van der Waals surface area (Å²) in [7, 11) is 0. The second-order valence-electron chi connectivity index (χ2n) is 17.2. The standard InChI is InChI=1S/C62H43N3/c1-2-21-52-49-32-15-18-35-56(49)64(43-25-7-4-8-26-43)61(52)62(65-57-36-19-13-30-47(57)48-31-14-20-37-58(48)65)59-51(54-40-41-22-9-10-27-44(41)45-28-11-12-29-46(45)54)38-39-53-50-33-16-17-34-55(50)63(60(53)59)42-23-5-3-6-24-42/h2-39,54H,1,40H2/b52-21-,62-61+. The Labute approximate surface area is 377 Å². The average molecular weight is 830 g/mol. The van der Waals surface area contributed by atoms with Crippen molar-refractivity contribution < 1.29 is 0 Å². The molecule has 3 aromatic heterocycles. The molecular weight excluding hydrogens is 787 g/mol. The molecule has 3 heterocycles. The Kier molecular flexibility index (Phi) is 8.50. The number of para-hydroxylation sites is 6. The molecule has 0 amide bonds. The molecule has 65 heavy (non-hydrogen) atoms. The third kappa shape index (κ3) is 5.55. The Morgan fingerprint density at radius 2 is 0.938 bits per heavy atom. The lowest BCUT2D eigenvalue weighted by Gasteiger charge is -2.31. The summed E-state index contributed by atoms with van der Waals surface area (Å²) in [5.41, 5.74) is 16.9. The van der Waals surface area contributed by atoms with Crippen molar-refractivity contribution in [3.63, 3.8) is 0 Å². The first-order chi connectivity index (χ1) is 32.3. The minimum atomic E-state index is 0.0345. The first-order valence-corrected chi connectivity index (χ1v) is 22.6. The van der Waals surface area contributed by atoms with Crippen LogP contribution in [0.25, 0.3) is 88.8 Å². The second kappa shape index (κ2) is 14.9. The quantitative estimate of drug-likeness (QED) is 0.159. The van der Waals surface area contributed by atoms with E-state index in [1.54, 1.807) is 0 Å². The van der Waals surface area contributed by atoms with E-state index in [1.165, 1.54) is 71.3 Å². The first kappa shape index (κ1) is 37.2. The maximum atomic E-state index is 4.37. The molecule has 0 aliphatic heterocycles. The third-order valence-electron chi connectivity index (χ3n) is 13.8. The zero-order chi connectivity index (χ0) is 43.0. The fourth-order valence-corrected chi connectivity index (χ4v) is 11.2. The van der Waals surface area contributed by atoms with Crippen LogP contribution in [0.15, 0.2) is 231 Å². The van der Waals surface area contributed by atoms with Gasteiger partial charge in [0.15, 0.2) is 0 Å². The summed E-state index contributed by atoms with van der Waals surface area (Å²) in [5.74, 6) is 0.0345. The van der Waals surface area contributed by atoms with Crippen molar-refractivity contribution in [1.82, 2.24) is 13.7 Å². The summed E-state index contributed by atoms with van der Waals surface area (Å²) < 4.78 is 7.63. The lowest BCUT2D eigenvalue weighted by atomic mass is 9.74. The minimum Gasteiger partial charge on any atom is -0.309 e. The van der Waals surface area contributed by atoms with Crippen LogP contribution in [0.4, 0.5) is 0 Å². The SMILES string of the molecule is C=C/C=c1\c(=C(\c2c(C3Cc4ccccc4-c4ccccc43)ccc3c4ccccc4n(-c4ccccc4)c23)n2c3ccccc3c3ccccc32)n(-c2ccccc2)c2ccccc12. The molecule has 13 rings (SSSR count). The van der Waals surface area contributed by atoms with Crippen molar-refractivity contribution in [2.45, 2.75) is 12.3 Å². The summed E-state index contributed by atoms with van der Waals surface area (Å²) in [4.78, 5) is 0. The Balaban J connectivity index is 1.36. The normalized spacial score (nSPS) is 14.3. The summed E-state index contributed by atoms with van der Waals surface area (Å²) in [6.45, 7) is 4.37. The van der Waals surface area contributed by atoms with Gasteiger partial charge in [-0.15, -0.1) is 0 Å². The average Bonchev–Trinajstić information content (AvgIpc) is 4.01. The van der Waals surface area contributed by atoms with Gasteiger partial charge in [0.2, 0.25) is 0 Å². The number of hydrogen-bond donors (Lipinski definition) is 0. The Bertz CT molecular complexity index is 3940. The highest BCUT2D eigenvalue weighted by Crippen LogP contribution is 2.48. The Morgan fingerprint density at radius 1 is 0.431 bits per heavy atom. The highest BCUT2D eigenvalue weighted by Gasteiger charge is 2.33. The van der Waals surface area contributed by atoms with Gasteiger partial charge in [-0.3, -0.25) is 0 Å². The number of hydrogen-bond acceptors (Lipinski definition) is 0. The van der Waals surface area contributed by atoms with Gasteiger partial charge in [-0.05, 0) is 82.8 Å². The topological polar surface area (TPSA) is 14.8 Å². The smallest absolute Gasteiger partial charge is 0.0806 e. The van der Waals surface area contributed by atoms with Gasteiger partial charge in [-0.1, -0.05) is 189 Å². The molecule has 1 unspecified atom stereocenters. The molecule has 0 saturated carbocycles. The van der Waals surface area contributed by atoms with Gasteiger partial charge in [0.25, 0.3) is 0 Å². The van der Waals surface area contributed by atoms with E-state index in [-0.39, 0.29) is 5.92 Å². The van der Waals surface area contributed by atoms with Crippen molar-refractivity contribution >= 4 is 66.3 Å². The zero-order valence-electron chi connectivity index (χ0n) is 35.8. The summed E-state index contributed by atoms with van der Waals surface area (Å²) >= 11 is 0. The van der Waals surface area contributed by atoms with Crippen LogP contribution < -0.4 is 10.6 Å². The number of nitrogens with zero attached hydrogens (tertiary/aromatic N) is 3. The van der Waals surface area contributed by atoms with E-state index < -0.39 is 0 Å². The Morgan fingerprint density at radius 3 is 1.60 bits per heavy atom. The molecule has 3 nitrogen and oxygen atoms in total. The number of allylic oxidation sites excluding steroid dienone is 1. The van der Waals surface area contributed by atoms with E-state index in [0.29, 0.717) is 0 Å². The molecule has 0 bridgehead atoms. The fraction of sp³-hybridized carbons (Fsp3) is 0.0323. The third-order valence-corrected chi connectivity index (χ3v) is 13.8. The molecule has 0 spiro atoms. The van der Waals surface area contributed by atoms with Crippen molar-refractivity contribution in [3.8, 4) is 22.5 Å². The molecule has 0 fully saturated rings. The van der Waals surface area contributed by atoms with E-state index in [9.17, 15) is 0 Å². The van der Waals surface area contributed by atoms with Crippen LogP contribution in [0.2, 0.25) is 0 Å². The van der Waals surface area contributed by atoms with E-state index in [0.717, 1.165) is 50.6 Å². The minimum absolute atomic E-state index is 0.0345. The molecular formula is C62H43N3. The molecule has 0 radical (unpaired) electrons. The molecule has 306 valence electrons. The van der Waals surface area contributed by atoms with Crippen LogP contribution in [-0.2, 0) is 6.42 Å². The van der Waals surface area contributed by atoms with Crippen LogP contribution >= 0.6 is 0 Å². The van der Waals surface area contributed by atoms with Gasteiger partial charge >= 0.3 is 0 Å². The maximum Gasteiger partial charge on any atom is 0.0806 e. The van der Waals surface area contributed by atoms with E-state index in [2.05, 4.69) is 245 Å². The van der Waals surface area contributed by atoms with Crippen LogP contribution in [-0.4, -0.2) is 13.7 Å². The number of aromatic nitrogens is 3. The molecule has 9 aromatic carbocycles. The molecule has 0 saturated heterocycles. The van der Waals surface area contributed by atoms with Crippen LogP contribution in [0.5, 0.6) is 0 Å². The Hall–Kier alpha value is -8.40.